The predicted octanol–water partition coefficient (Wildman–Crippen LogP) is 2.94. The monoisotopic (exact) mass is 338 g/mol. The molecule has 6 nitrogen and oxygen atoms in total. The molecule has 1 heterocycles. The van der Waals surface area contributed by atoms with E-state index in [1.165, 1.54) is 25.1 Å². The molecule has 2 N–H and O–H groups in total. The maximum atomic E-state index is 13.1. The van der Waals surface area contributed by atoms with E-state index in [4.69, 9.17) is 0 Å². The second-order valence-corrected chi connectivity index (χ2v) is 6.75. The van der Waals surface area contributed by atoms with Crippen LogP contribution in [0.4, 0.5) is 16.0 Å². The number of hydrogen-bond acceptors (Lipinski definition) is 5. The Morgan fingerprint density at radius 1 is 1.13 bits per heavy atom. The molecule has 0 aliphatic heterocycles. The molecule has 0 amide bonds. The number of unbranched alkanes of at least 4 members (excludes halogenated alkanes) is 1. The highest BCUT2D eigenvalue weighted by Crippen LogP contribution is 2.19. The van der Waals surface area contributed by atoms with Crippen molar-refractivity contribution in [1.82, 2.24) is 10.2 Å². The number of nitrogens with one attached hydrogen (secondary N) is 2. The molecule has 1 aromatic carbocycles. The number of benzene rings is 1. The third kappa shape index (κ3) is 4.62. The number of aryl methyl sites for hydroxylation is 1. The van der Waals surface area contributed by atoms with Crippen molar-refractivity contribution in [2.24, 2.45) is 0 Å². The lowest BCUT2D eigenvalue weighted by Crippen LogP contribution is -2.16. The van der Waals surface area contributed by atoms with Gasteiger partial charge >= 0.3 is 0 Å². The van der Waals surface area contributed by atoms with Gasteiger partial charge in [-0.1, -0.05) is 13.3 Å². The molecular formula is C15H19FN4O2S. The SMILES string of the molecule is CCCCNc1ccc(NS(=O)(=O)c2ccc(F)cc2C)nn1. The van der Waals surface area contributed by atoms with E-state index in [9.17, 15) is 12.8 Å². The van der Waals surface area contributed by atoms with Crippen molar-refractivity contribution < 1.29 is 12.8 Å². The Morgan fingerprint density at radius 2 is 1.83 bits per heavy atom. The van der Waals surface area contributed by atoms with E-state index in [1.54, 1.807) is 6.07 Å². The molecule has 0 bridgehead atoms. The van der Waals surface area contributed by atoms with Crippen molar-refractivity contribution in [1.29, 1.82) is 0 Å². The lowest BCUT2D eigenvalue weighted by molar-refractivity contribution is 0.598. The first-order valence-electron chi connectivity index (χ1n) is 7.29. The maximum absolute atomic E-state index is 13.1. The summed E-state index contributed by atoms with van der Waals surface area (Å²) in [7, 11) is -3.83. The highest BCUT2D eigenvalue weighted by molar-refractivity contribution is 7.92. The standard InChI is InChI=1S/C15H19FN4O2S/c1-3-4-9-17-14-7-8-15(19-18-14)20-23(21,22)13-6-5-12(16)10-11(13)2/h5-8,10H,3-4,9H2,1-2H3,(H,17,18)(H,19,20). The summed E-state index contributed by atoms with van der Waals surface area (Å²) in [5, 5.41) is 10.8. The molecule has 8 heteroatoms. The highest BCUT2D eigenvalue weighted by atomic mass is 32.2. The zero-order valence-corrected chi connectivity index (χ0v) is 13.8. The second kappa shape index (κ2) is 7.36. The van der Waals surface area contributed by atoms with E-state index in [0.29, 0.717) is 11.4 Å². The van der Waals surface area contributed by atoms with E-state index in [-0.39, 0.29) is 10.7 Å². The van der Waals surface area contributed by atoms with E-state index in [2.05, 4.69) is 27.2 Å². The van der Waals surface area contributed by atoms with Crippen LogP contribution < -0.4 is 10.0 Å². The minimum Gasteiger partial charge on any atom is -0.369 e. The van der Waals surface area contributed by atoms with E-state index < -0.39 is 15.8 Å². The number of sulfonamides is 1. The summed E-state index contributed by atoms with van der Waals surface area (Å²) in [5.41, 5.74) is 0.323. The highest BCUT2D eigenvalue weighted by Gasteiger charge is 2.18. The van der Waals surface area contributed by atoms with Gasteiger partial charge in [-0.15, -0.1) is 10.2 Å². The molecule has 0 fully saturated rings. The van der Waals surface area contributed by atoms with Crippen LogP contribution >= 0.6 is 0 Å². The topological polar surface area (TPSA) is 84.0 Å². The molecule has 23 heavy (non-hydrogen) atoms. The zero-order valence-electron chi connectivity index (χ0n) is 13.0. The molecule has 0 saturated heterocycles. The van der Waals surface area contributed by atoms with E-state index in [0.717, 1.165) is 25.5 Å². The Bertz CT molecular complexity index is 764. The number of rotatable bonds is 7. The summed E-state index contributed by atoms with van der Waals surface area (Å²) in [6, 6.07) is 6.67. The quantitative estimate of drug-likeness (QED) is 0.758. The predicted molar refractivity (Wildman–Crippen MR) is 87.4 cm³/mol. The van der Waals surface area contributed by atoms with Crippen LogP contribution in [0.5, 0.6) is 0 Å². The average Bonchev–Trinajstić information content (AvgIpc) is 2.48. The Hall–Kier alpha value is -2.22. The molecule has 0 atom stereocenters. The molecule has 2 rings (SSSR count). The average molecular weight is 338 g/mol. The Morgan fingerprint density at radius 3 is 2.43 bits per heavy atom. The van der Waals surface area contributed by atoms with Crippen LogP contribution in [-0.4, -0.2) is 25.2 Å². The summed E-state index contributed by atoms with van der Waals surface area (Å²) in [4.78, 5) is 0.00541. The molecular weight excluding hydrogens is 319 g/mol. The van der Waals surface area contributed by atoms with Gasteiger partial charge < -0.3 is 5.32 Å². The van der Waals surface area contributed by atoms with Gasteiger partial charge in [-0.25, -0.2) is 12.8 Å². The van der Waals surface area contributed by atoms with Crippen molar-refractivity contribution >= 4 is 21.7 Å². The van der Waals surface area contributed by atoms with Gasteiger partial charge in [0.2, 0.25) is 0 Å². The van der Waals surface area contributed by atoms with Gasteiger partial charge in [0.15, 0.2) is 5.82 Å². The van der Waals surface area contributed by atoms with Crippen molar-refractivity contribution in [3.8, 4) is 0 Å². The fourth-order valence-electron chi connectivity index (χ4n) is 1.98. The lowest BCUT2D eigenvalue weighted by Gasteiger charge is -2.10. The Kier molecular flexibility index (Phi) is 5.49. The Labute approximate surface area is 135 Å². The molecule has 0 radical (unpaired) electrons. The van der Waals surface area contributed by atoms with Gasteiger partial charge in [0.1, 0.15) is 11.6 Å². The summed E-state index contributed by atoms with van der Waals surface area (Å²) < 4.78 is 40.1. The number of halogens is 1. The van der Waals surface area contributed by atoms with Crippen LogP contribution in [0, 0.1) is 12.7 Å². The zero-order chi connectivity index (χ0) is 16.9. The van der Waals surface area contributed by atoms with Gasteiger partial charge in [-0.05, 0) is 49.2 Å². The first-order chi connectivity index (χ1) is 10.9. The number of aromatic nitrogens is 2. The molecule has 124 valence electrons. The van der Waals surface area contributed by atoms with Gasteiger partial charge in [0.05, 0.1) is 4.90 Å². The minimum atomic E-state index is -3.83. The van der Waals surface area contributed by atoms with Gasteiger partial charge in [0, 0.05) is 6.54 Å². The summed E-state index contributed by atoms with van der Waals surface area (Å²) in [6.45, 7) is 4.40. The second-order valence-electron chi connectivity index (χ2n) is 5.10. The Balaban J connectivity index is 2.11. The van der Waals surface area contributed by atoms with Crippen molar-refractivity contribution in [3.63, 3.8) is 0 Å². The summed E-state index contributed by atoms with van der Waals surface area (Å²) in [6.07, 6.45) is 2.08. The van der Waals surface area contributed by atoms with Crippen LogP contribution in [0.2, 0.25) is 0 Å². The van der Waals surface area contributed by atoms with Gasteiger partial charge in [-0.3, -0.25) is 4.72 Å². The number of nitrogens with zero attached hydrogens (tertiary/aromatic N) is 2. The van der Waals surface area contributed by atoms with Crippen LogP contribution in [0.15, 0.2) is 35.2 Å². The maximum Gasteiger partial charge on any atom is 0.263 e. The fraction of sp³-hybridized carbons (Fsp3) is 0.333. The van der Waals surface area contributed by atoms with Crippen LogP contribution in [0.25, 0.3) is 0 Å². The molecule has 0 unspecified atom stereocenters. The van der Waals surface area contributed by atoms with Gasteiger partial charge in [-0.2, -0.15) is 0 Å². The number of anilines is 2. The third-order valence-corrected chi connectivity index (χ3v) is 4.68. The molecule has 1 aromatic heterocycles. The van der Waals surface area contributed by atoms with Crippen LogP contribution in [-0.2, 0) is 10.0 Å². The molecule has 2 aromatic rings. The first-order valence-corrected chi connectivity index (χ1v) is 8.77. The fourth-order valence-corrected chi connectivity index (χ4v) is 3.21. The van der Waals surface area contributed by atoms with E-state index >= 15 is 0 Å². The smallest absolute Gasteiger partial charge is 0.263 e. The van der Waals surface area contributed by atoms with Crippen molar-refractivity contribution in [2.45, 2.75) is 31.6 Å². The minimum absolute atomic E-state index is 0.00541. The largest absolute Gasteiger partial charge is 0.369 e. The molecule has 0 aliphatic carbocycles. The molecule has 0 aliphatic rings. The first kappa shape index (κ1) is 17.1. The summed E-state index contributed by atoms with van der Waals surface area (Å²) in [5.74, 6) is 0.206. The number of hydrogen-bond donors (Lipinski definition) is 2. The van der Waals surface area contributed by atoms with E-state index in [1.807, 2.05) is 0 Å². The third-order valence-electron chi connectivity index (χ3n) is 3.17. The normalized spacial score (nSPS) is 11.3. The van der Waals surface area contributed by atoms with Crippen molar-refractivity contribution in [2.75, 3.05) is 16.6 Å². The van der Waals surface area contributed by atoms with Crippen LogP contribution in [0.3, 0.4) is 0 Å². The molecule has 0 saturated carbocycles. The molecule has 0 spiro atoms. The lowest BCUT2D eigenvalue weighted by atomic mass is 10.2. The van der Waals surface area contributed by atoms with Crippen LogP contribution in [0.1, 0.15) is 25.3 Å². The van der Waals surface area contributed by atoms with Gasteiger partial charge in [0.25, 0.3) is 10.0 Å². The summed E-state index contributed by atoms with van der Waals surface area (Å²) >= 11 is 0. The van der Waals surface area contributed by atoms with Crippen molar-refractivity contribution in [3.05, 3.63) is 41.7 Å².